The monoisotopic (exact) mass is 182 g/mol. The zero-order valence-electron chi connectivity index (χ0n) is 7.03. The summed E-state index contributed by atoms with van der Waals surface area (Å²) in [6.07, 6.45) is 0. The fraction of sp³-hybridized carbons (Fsp3) is 0.286. The van der Waals surface area contributed by atoms with Gasteiger partial charge >= 0.3 is 0 Å². The number of nitrogens with zero attached hydrogens (tertiary/aromatic N) is 2. The van der Waals surface area contributed by atoms with Crippen LogP contribution in [0.25, 0.3) is 0 Å². The molecule has 0 aliphatic rings. The minimum atomic E-state index is -0.920. The van der Waals surface area contributed by atoms with Gasteiger partial charge in [0.1, 0.15) is 12.7 Å². The Labute approximate surface area is 75.2 Å². The predicted molar refractivity (Wildman–Crippen MR) is 43.2 cm³/mol. The van der Waals surface area contributed by atoms with E-state index in [1.165, 1.54) is 6.07 Å². The van der Waals surface area contributed by atoms with Gasteiger partial charge < -0.3 is 4.84 Å². The molecule has 0 fully saturated rings. The average Bonchev–Trinajstić information content (AvgIpc) is 2.04. The molecule has 2 amide bonds. The first kappa shape index (κ1) is 11.1. The number of hydrogen-bond acceptors (Lipinski definition) is 5. The van der Waals surface area contributed by atoms with Crippen LogP contribution in [0.4, 0.5) is 0 Å². The Morgan fingerprint density at radius 3 is 2.69 bits per heavy atom. The van der Waals surface area contributed by atoms with Crippen LogP contribution in [-0.2, 0) is 14.4 Å². The van der Waals surface area contributed by atoms with Crippen LogP contribution in [0.5, 0.6) is 0 Å². The van der Waals surface area contributed by atoms with E-state index in [2.05, 4.69) is 16.9 Å². The number of carbonyl (C=O) groups is 2. The molecule has 0 saturated carbocycles. The van der Waals surface area contributed by atoms with Crippen molar-refractivity contribution in [1.29, 1.82) is 5.26 Å². The molecule has 0 bridgehead atoms. The second kappa shape index (κ2) is 5.71. The van der Waals surface area contributed by atoms with Crippen LogP contribution in [0.15, 0.2) is 5.16 Å². The Morgan fingerprint density at radius 2 is 2.31 bits per heavy atom. The van der Waals surface area contributed by atoms with E-state index < -0.39 is 17.5 Å². The third-order valence-electron chi connectivity index (χ3n) is 0.859. The van der Waals surface area contributed by atoms with Crippen molar-refractivity contribution >= 4 is 17.5 Å². The van der Waals surface area contributed by atoms with Crippen molar-refractivity contribution in [2.24, 2.45) is 5.16 Å². The van der Waals surface area contributed by atoms with Crippen LogP contribution >= 0.6 is 0 Å². The summed E-state index contributed by atoms with van der Waals surface area (Å²) >= 11 is 0. The molecule has 0 heterocycles. The highest BCUT2D eigenvalue weighted by molar-refractivity contribution is 6.46. The second-order valence-electron chi connectivity index (χ2n) is 1.85. The molecule has 0 aromatic rings. The van der Waals surface area contributed by atoms with E-state index in [0.717, 1.165) is 0 Å². The molecule has 0 aliphatic heterocycles. The van der Waals surface area contributed by atoms with Gasteiger partial charge in [-0.25, -0.2) is 0 Å². The number of nitriles is 1. The summed E-state index contributed by atoms with van der Waals surface area (Å²) < 4.78 is 0. The van der Waals surface area contributed by atoms with Gasteiger partial charge in [-0.1, -0.05) is 5.16 Å². The fourth-order valence-corrected chi connectivity index (χ4v) is 0.428. The third kappa shape index (κ3) is 4.53. The Hall–Kier alpha value is -1.90. The molecule has 0 aromatic heterocycles. The number of oxime groups is 1. The highest BCUT2D eigenvalue weighted by atomic mass is 16.6. The summed E-state index contributed by atoms with van der Waals surface area (Å²) in [5, 5.41) is 13.3. The van der Waals surface area contributed by atoms with E-state index in [9.17, 15) is 9.59 Å². The van der Waals surface area contributed by atoms with Crippen LogP contribution in [0.2, 0.25) is 0 Å². The van der Waals surface area contributed by atoms with Gasteiger partial charge in [0.15, 0.2) is 0 Å². The lowest BCUT2D eigenvalue weighted by atomic mass is 10.4. The molecule has 6 heteroatoms. The summed E-state index contributed by atoms with van der Waals surface area (Å²) in [4.78, 5) is 25.6. The first-order valence-electron chi connectivity index (χ1n) is 3.39. The number of nitrogens with one attached hydrogen (secondary N) is 1. The Kier molecular flexibility index (Phi) is 4.88. The van der Waals surface area contributed by atoms with Crippen molar-refractivity contribution in [3.63, 3.8) is 0 Å². The van der Waals surface area contributed by atoms with E-state index in [4.69, 9.17) is 5.26 Å². The van der Waals surface area contributed by atoms with Crippen LogP contribution in [-0.4, -0.2) is 24.1 Å². The molecule has 69 valence electrons. The average molecular weight is 182 g/mol. The predicted octanol–water partition coefficient (Wildman–Crippen LogP) is -0.621. The summed E-state index contributed by atoms with van der Waals surface area (Å²) in [6.45, 7) is 4.77. The SMILES string of the molecule is [CH2]C(=O)NC(=O)/C(C#N)=N\OCC. The second-order valence-corrected chi connectivity index (χ2v) is 1.85. The summed E-state index contributed by atoms with van der Waals surface area (Å²) in [5.74, 6) is -1.72. The molecule has 0 rings (SSSR count). The zero-order valence-corrected chi connectivity index (χ0v) is 7.03. The van der Waals surface area contributed by atoms with Crippen LogP contribution in [0.3, 0.4) is 0 Å². The van der Waals surface area contributed by atoms with Crippen LogP contribution in [0.1, 0.15) is 6.92 Å². The topological polar surface area (TPSA) is 91.6 Å². The largest absolute Gasteiger partial charge is 0.395 e. The number of hydrogen-bond donors (Lipinski definition) is 1. The third-order valence-corrected chi connectivity index (χ3v) is 0.859. The maximum atomic E-state index is 10.9. The quantitative estimate of drug-likeness (QED) is 0.465. The molecule has 13 heavy (non-hydrogen) atoms. The van der Waals surface area contributed by atoms with Gasteiger partial charge in [0.25, 0.3) is 5.91 Å². The van der Waals surface area contributed by atoms with E-state index in [1.807, 2.05) is 0 Å². The molecule has 6 nitrogen and oxygen atoms in total. The smallest absolute Gasteiger partial charge is 0.290 e. The maximum Gasteiger partial charge on any atom is 0.290 e. The van der Waals surface area contributed by atoms with E-state index in [1.54, 1.807) is 12.2 Å². The summed E-state index contributed by atoms with van der Waals surface area (Å²) in [7, 11) is 0. The summed E-state index contributed by atoms with van der Waals surface area (Å²) in [5.41, 5.74) is -0.515. The summed E-state index contributed by atoms with van der Waals surface area (Å²) in [6, 6.07) is 1.47. The maximum absolute atomic E-state index is 10.9. The molecule has 0 spiro atoms. The van der Waals surface area contributed by atoms with Crippen LogP contribution in [0, 0.1) is 18.3 Å². The Balaban J connectivity index is 4.34. The molecule has 0 aliphatic carbocycles. The number of carbonyl (C=O) groups excluding carboxylic acids is 2. The van der Waals surface area contributed by atoms with Crippen molar-refractivity contribution in [2.75, 3.05) is 6.61 Å². The molecule has 0 aromatic carbocycles. The molecular formula is C7H8N3O3. The van der Waals surface area contributed by atoms with Gasteiger partial charge in [0.2, 0.25) is 11.6 Å². The van der Waals surface area contributed by atoms with Gasteiger partial charge in [-0.3, -0.25) is 14.9 Å². The van der Waals surface area contributed by atoms with Crippen molar-refractivity contribution in [3.05, 3.63) is 6.92 Å². The lowest BCUT2D eigenvalue weighted by Gasteiger charge is -1.97. The normalized spacial score (nSPS) is 10.1. The molecular weight excluding hydrogens is 174 g/mol. The molecule has 0 unspecified atom stereocenters. The number of amides is 2. The number of rotatable bonds is 3. The number of imide groups is 1. The molecule has 1 N–H and O–H groups in total. The van der Waals surface area contributed by atoms with E-state index in [-0.39, 0.29) is 6.61 Å². The highest BCUT2D eigenvalue weighted by Crippen LogP contribution is 1.81. The lowest BCUT2D eigenvalue weighted by Crippen LogP contribution is -2.34. The molecule has 0 atom stereocenters. The van der Waals surface area contributed by atoms with Gasteiger partial charge in [-0.05, 0) is 6.92 Å². The Bertz CT molecular complexity index is 277. The minimum Gasteiger partial charge on any atom is -0.395 e. The van der Waals surface area contributed by atoms with Gasteiger partial charge in [0.05, 0.1) is 0 Å². The van der Waals surface area contributed by atoms with Gasteiger partial charge in [-0.15, -0.1) is 0 Å². The first-order chi connectivity index (χ1) is 6.11. The lowest BCUT2D eigenvalue weighted by molar-refractivity contribution is -0.124. The first-order valence-corrected chi connectivity index (χ1v) is 3.39. The van der Waals surface area contributed by atoms with Crippen molar-refractivity contribution < 1.29 is 14.4 Å². The highest BCUT2D eigenvalue weighted by Gasteiger charge is 2.12. The van der Waals surface area contributed by atoms with Crippen molar-refractivity contribution in [2.45, 2.75) is 6.92 Å². The Morgan fingerprint density at radius 1 is 1.69 bits per heavy atom. The zero-order chi connectivity index (χ0) is 10.3. The standard InChI is InChI=1S/C7H8N3O3/c1-3-13-10-6(4-8)7(12)9-5(2)11/h2-3H2,1H3,(H,9,11,12)/b10-6-. The van der Waals surface area contributed by atoms with Gasteiger partial charge in [0, 0.05) is 6.92 Å². The van der Waals surface area contributed by atoms with Crippen molar-refractivity contribution in [3.8, 4) is 6.07 Å². The van der Waals surface area contributed by atoms with Crippen molar-refractivity contribution in [1.82, 2.24) is 5.32 Å². The fourth-order valence-electron chi connectivity index (χ4n) is 0.428. The van der Waals surface area contributed by atoms with Crippen LogP contribution < -0.4 is 5.32 Å². The van der Waals surface area contributed by atoms with Gasteiger partial charge in [-0.2, -0.15) is 5.26 Å². The van der Waals surface area contributed by atoms with E-state index >= 15 is 0 Å². The van der Waals surface area contributed by atoms with E-state index in [0.29, 0.717) is 0 Å². The minimum absolute atomic E-state index is 0.233. The molecule has 0 saturated heterocycles. The molecule has 1 radical (unpaired) electrons.